The third-order valence-corrected chi connectivity index (χ3v) is 3.89. The van der Waals surface area contributed by atoms with E-state index in [0.717, 1.165) is 6.07 Å². The number of carbonyl (C=O) groups is 1. The van der Waals surface area contributed by atoms with E-state index in [4.69, 9.17) is 9.47 Å². The second-order valence-electron chi connectivity index (χ2n) is 5.37. The van der Waals surface area contributed by atoms with E-state index >= 15 is 0 Å². The van der Waals surface area contributed by atoms with E-state index < -0.39 is 17.2 Å². The molecule has 1 aliphatic heterocycles. The van der Waals surface area contributed by atoms with Gasteiger partial charge >= 0.3 is 5.97 Å². The summed E-state index contributed by atoms with van der Waals surface area (Å²) in [5, 5.41) is 0.134. The molecule has 1 aromatic carbocycles. The van der Waals surface area contributed by atoms with E-state index in [0.29, 0.717) is 23.4 Å². The van der Waals surface area contributed by atoms with Gasteiger partial charge in [-0.1, -0.05) is 13.8 Å². The van der Waals surface area contributed by atoms with Gasteiger partial charge in [0.2, 0.25) is 5.43 Å². The Labute approximate surface area is 140 Å². The summed E-state index contributed by atoms with van der Waals surface area (Å²) in [6.45, 7) is 9.69. The summed E-state index contributed by atoms with van der Waals surface area (Å²) in [6, 6.07) is 1.09. The first-order valence-electron chi connectivity index (χ1n) is 8.13. The molecular weight excluding hydrogens is 313 g/mol. The van der Waals surface area contributed by atoms with Crippen LogP contribution in [0.25, 0.3) is 10.9 Å². The van der Waals surface area contributed by atoms with Gasteiger partial charge < -0.3 is 14.0 Å². The van der Waals surface area contributed by atoms with Gasteiger partial charge in [0.25, 0.3) is 0 Å². The average molecular weight is 335 g/mol. The molecule has 0 amide bonds. The van der Waals surface area contributed by atoms with E-state index in [-0.39, 0.29) is 23.6 Å². The van der Waals surface area contributed by atoms with Crippen molar-refractivity contribution >= 4 is 16.9 Å². The van der Waals surface area contributed by atoms with Crippen LogP contribution >= 0.6 is 0 Å². The minimum atomic E-state index is -0.695. The molecule has 0 aliphatic carbocycles. The van der Waals surface area contributed by atoms with Gasteiger partial charge in [-0.05, 0) is 26.8 Å². The lowest BCUT2D eigenvalue weighted by Crippen LogP contribution is -2.27. The van der Waals surface area contributed by atoms with Crippen molar-refractivity contribution in [2.45, 2.75) is 40.7 Å². The predicted molar refractivity (Wildman–Crippen MR) is 90.4 cm³/mol. The van der Waals surface area contributed by atoms with Crippen LogP contribution in [0.5, 0.6) is 5.75 Å². The molecule has 1 atom stereocenters. The van der Waals surface area contributed by atoms with Crippen LogP contribution < -0.4 is 10.2 Å². The fraction of sp³-hybridized carbons (Fsp3) is 0.444. The number of pyridine rings is 1. The van der Waals surface area contributed by atoms with E-state index in [1.165, 1.54) is 6.20 Å². The lowest BCUT2D eigenvalue weighted by Gasteiger charge is -2.28. The van der Waals surface area contributed by atoms with Crippen LogP contribution in [0, 0.1) is 12.7 Å². The fourth-order valence-corrected chi connectivity index (χ4v) is 2.71. The lowest BCUT2D eigenvalue weighted by molar-refractivity contribution is 0.0523. The summed E-state index contributed by atoms with van der Waals surface area (Å²) in [5.74, 6) is -0.860. The molecule has 3 rings (SSSR count). The van der Waals surface area contributed by atoms with Crippen molar-refractivity contribution in [3.05, 3.63) is 39.4 Å². The van der Waals surface area contributed by atoms with Crippen LogP contribution in [0.1, 0.15) is 49.7 Å². The number of ether oxygens (including phenoxy) is 2. The number of hydrogen-bond acceptors (Lipinski definition) is 4. The highest BCUT2D eigenvalue weighted by molar-refractivity contribution is 5.96. The second-order valence-corrected chi connectivity index (χ2v) is 5.37. The Morgan fingerprint density at radius 3 is 2.75 bits per heavy atom. The molecule has 0 radical (unpaired) electrons. The third-order valence-electron chi connectivity index (χ3n) is 3.89. The highest BCUT2D eigenvalue weighted by Crippen LogP contribution is 2.35. The Morgan fingerprint density at radius 1 is 1.46 bits per heavy atom. The van der Waals surface area contributed by atoms with Crippen molar-refractivity contribution in [1.29, 1.82) is 0 Å². The highest BCUT2D eigenvalue weighted by Gasteiger charge is 2.26. The smallest absolute Gasteiger partial charge is 0.343 e. The van der Waals surface area contributed by atoms with Crippen LogP contribution in [-0.2, 0) is 4.74 Å². The van der Waals surface area contributed by atoms with Crippen LogP contribution in [-0.4, -0.2) is 23.8 Å². The predicted octanol–water partition coefficient (Wildman–Crippen LogP) is 3.61. The minimum absolute atomic E-state index is 0.0753. The molecule has 1 aromatic heterocycles. The van der Waals surface area contributed by atoms with Crippen molar-refractivity contribution in [3.63, 3.8) is 0 Å². The molecule has 24 heavy (non-hydrogen) atoms. The van der Waals surface area contributed by atoms with E-state index in [1.54, 1.807) is 18.4 Å². The van der Waals surface area contributed by atoms with E-state index in [1.807, 2.05) is 20.8 Å². The Kier molecular flexibility index (Phi) is 5.26. The third kappa shape index (κ3) is 2.77. The van der Waals surface area contributed by atoms with E-state index in [2.05, 4.69) is 0 Å². The zero-order chi connectivity index (χ0) is 18.0. The molecule has 5 nitrogen and oxygen atoms in total. The van der Waals surface area contributed by atoms with Crippen molar-refractivity contribution in [1.82, 2.24) is 4.57 Å². The largest absolute Gasteiger partial charge is 0.489 e. The summed E-state index contributed by atoms with van der Waals surface area (Å²) < 4.78 is 26.4. The van der Waals surface area contributed by atoms with Gasteiger partial charge in [-0.25, -0.2) is 9.18 Å². The number of hydrogen-bond donors (Lipinski definition) is 0. The molecule has 0 spiro atoms. The van der Waals surface area contributed by atoms with Gasteiger partial charge in [0, 0.05) is 11.8 Å². The van der Waals surface area contributed by atoms with Gasteiger partial charge in [0.05, 0.1) is 23.6 Å². The molecule has 1 aliphatic rings. The quantitative estimate of drug-likeness (QED) is 0.787. The molecule has 130 valence electrons. The topological polar surface area (TPSA) is 57.5 Å². The Bertz CT molecular complexity index is 841. The maximum atomic E-state index is 14.1. The number of carbonyl (C=O) groups excluding carboxylic acids is 1. The van der Waals surface area contributed by atoms with Crippen LogP contribution in [0.3, 0.4) is 0 Å². The van der Waals surface area contributed by atoms with Crippen LogP contribution in [0.15, 0.2) is 17.1 Å². The van der Waals surface area contributed by atoms with Crippen molar-refractivity contribution in [2.75, 3.05) is 13.2 Å². The maximum absolute atomic E-state index is 14.1. The molecule has 0 saturated carbocycles. The molecule has 6 heteroatoms. The first kappa shape index (κ1) is 18.0. The molecule has 0 saturated heterocycles. The summed E-state index contributed by atoms with van der Waals surface area (Å²) in [4.78, 5) is 24.5. The van der Waals surface area contributed by atoms with Gasteiger partial charge in [0.1, 0.15) is 23.7 Å². The molecular formula is C18H22FNO4. The number of aromatic nitrogens is 1. The van der Waals surface area contributed by atoms with Crippen molar-refractivity contribution in [2.24, 2.45) is 0 Å². The summed E-state index contributed by atoms with van der Waals surface area (Å²) in [7, 11) is 0. The highest BCUT2D eigenvalue weighted by atomic mass is 19.1. The molecule has 0 bridgehead atoms. The first-order valence-corrected chi connectivity index (χ1v) is 8.13. The zero-order valence-corrected chi connectivity index (χ0v) is 14.6. The number of esters is 1. The zero-order valence-electron chi connectivity index (χ0n) is 14.6. The normalized spacial score (nSPS) is 15.3. The van der Waals surface area contributed by atoms with Gasteiger partial charge in [-0.15, -0.1) is 0 Å². The number of rotatable bonds is 2. The monoisotopic (exact) mass is 335 g/mol. The molecule has 1 unspecified atom stereocenters. The van der Waals surface area contributed by atoms with E-state index in [9.17, 15) is 14.0 Å². The minimum Gasteiger partial charge on any atom is -0.489 e. The first-order chi connectivity index (χ1) is 11.5. The Balaban J connectivity index is 0.00000100. The summed E-state index contributed by atoms with van der Waals surface area (Å²) >= 11 is 0. The number of nitrogens with zero attached hydrogens (tertiary/aromatic N) is 1. The van der Waals surface area contributed by atoms with Gasteiger partial charge in [-0.2, -0.15) is 0 Å². The number of benzene rings is 1. The van der Waals surface area contributed by atoms with Crippen molar-refractivity contribution < 1.29 is 18.7 Å². The summed E-state index contributed by atoms with van der Waals surface area (Å²) in [6.07, 6.45) is 1.48. The summed E-state index contributed by atoms with van der Waals surface area (Å²) in [5.41, 5.74) is 0.256. The van der Waals surface area contributed by atoms with Crippen molar-refractivity contribution in [3.8, 4) is 5.75 Å². The van der Waals surface area contributed by atoms with Gasteiger partial charge in [0.15, 0.2) is 0 Å². The molecule has 2 heterocycles. The van der Waals surface area contributed by atoms with Crippen LogP contribution in [0.2, 0.25) is 0 Å². The fourth-order valence-electron chi connectivity index (χ4n) is 2.71. The lowest BCUT2D eigenvalue weighted by atomic mass is 10.0. The average Bonchev–Trinajstić information content (AvgIpc) is 2.58. The SMILES string of the molecule is CC.CCOC(=O)c1cn2c3c(c(C)c(F)cc3c1=O)OCC2C. The Hall–Kier alpha value is -2.37. The van der Waals surface area contributed by atoms with Gasteiger partial charge in [-0.3, -0.25) is 4.79 Å². The maximum Gasteiger partial charge on any atom is 0.343 e. The standard InChI is InChI=1S/C16H16FNO4.C2H6/c1-4-21-16(20)11-6-18-8(2)7-22-15-9(3)12(17)5-10(13(15)18)14(11)19;1-2/h5-6,8H,4,7H2,1-3H3;1-2H3. The molecule has 0 fully saturated rings. The molecule has 2 aromatic rings. The number of halogens is 1. The Morgan fingerprint density at radius 2 is 2.12 bits per heavy atom. The molecule has 0 N–H and O–H groups in total. The van der Waals surface area contributed by atoms with Crippen LogP contribution in [0.4, 0.5) is 4.39 Å². The second kappa shape index (κ2) is 7.03.